The first-order chi connectivity index (χ1) is 9.54. The summed E-state index contributed by atoms with van der Waals surface area (Å²) in [6.07, 6.45) is 0. The molecule has 1 atom stereocenters. The highest BCUT2D eigenvalue weighted by Crippen LogP contribution is 2.07. The van der Waals surface area contributed by atoms with Gasteiger partial charge in [0.2, 0.25) is 5.91 Å². The molecule has 2 N–H and O–H groups in total. The third-order valence-corrected chi connectivity index (χ3v) is 3.76. The lowest BCUT2D eigenvalue weighted by atomic mass is 10.2. The number of hydrogen-bond acceptors (Lipinski definition) is 5. The highest BCUT2D eigenvalue weighted by atomic mass is 32.2. The zero-order valence-corrected chi connectivity index (χ0v) is 12.6. The summed E-state index contributed by atoms with van der Waals surface area (Å²) in [7, 11) is 3.06. The van der Waals surface area contributed by atoms with E-state index in [-0.39, 0.29) is 5.91 Å². The second-order valence-electron chi connectivity index (χ2n) is 4.38. The summed E-state index contributed by atoms with van der Waals surface area (Å²) in [5.41, 5.74) is 6.68. The normalized spacial score (nSPS) is 11.8. The van der Waals surface area contributed by atoms with E-state index in [4.69, 9.17) is 5.73 Å². The lowest BCUT2D eigenvalue weighted by molar-refractivity contribution is -0.141. The number of methoxy groups -OCH3 is 1. The number of ether oxygens (including phenoxy) is 1. The van der Waals surface area contributed by atoms with Gasteiger partial charge in [0.05, 0.1) is 12.9 Å². The number of thioether (sulfide) groups is 1. The van der Waals surface area contributed by atoms with E-state index in [1.165, 1.54) is 18.9 Å². The fraction of sp³-hybridized carbons (Fsp3) is 0.429. The number of carbonyl (C=O) groups is 2. The monoisotopic (exact) mass is 296 g/mol. The molecule has 1 aromatic rings. The topological polar surface area (TPSA) is 72.6 Å². The first-order valence-corrected chi connectivity index (χ1v) is 7.39. The molecule has 20 heavy (non-hydrogen) atoms. The zero-order valence-electron chi connectivity index (χ0n) is 11.7. The Morgan fingerprint density at radius 3 is 2.60 bits per heavy atom. The van der Waals surface area contributed by atoms with Gasteiger partial charge in [-0.3, -0.25) is 9.59 Å². The molecule has 1 unspecified atom stereocenters. The van der Waals surface area contributed by atoms with E-state index >= 15 is 0 Å². The Hall–Kier alpha value is -1.53. The predicted molar refractivity (Wildman–Crippen MR) is 80.2 cm³/mol. The van der Waals surface area contributed by atoms with Crippen LogP contribution in [0, 0.1) is 0 Å². The minimum atomic E-state index is -0.683. The van der Waals surface area contributed by atoms with Crippen molar-refractivity contribution in [3.05, 3.63) is 35.9 Å². The molecule has 6 heteroatoms. The van der Waals surface area contributed by atoms with Gasteiger partial charge in [0.15, 0.2) is 0 Å². The standard InChI is InChI=1S/C14H20N2O3S/c1-16(8-11-6-4-3-5-7-11)13(17)10-20-9-12(15)14(18)19-2/h3-7,12H,8-10,15H2,1-2H3. The smallest absolute Gasteiger partial charge is 0.323 e. The van der Waals surface area contributed by atoms with Crippen LogP contribution in [0.15, 0.2) is 30.3 Å². The number of carbonyl (C=O) groups excluding carboxylic acids is 2. The fourth-order valence-electron chi connectivity index (χ4n) is 1.55. The van der Waals surface area contributed by atoms with Crippen LogP contribution in [0.3, 0.4) is 0 Å². The SMILES string of the molecule is COC(=O)C(N)CSCC(=O)N(C)Cc1ccccc1. The molecule has 0 fully saturated rings. The van der Waals surface area contributed by atoms with Crippen molar-refractivity contribution < 1.29 is 14.3 Å². The van der Waals surface area contributed by atoms with Crippen LogP contribution in [0.4, 0.5) is 0 Å². The maximum atomic E-state index is 11.9. The predicted octanol–water partition coefficient (Wildman–Crippen LogP) is 0.879. The Morgan fingerprint density at radius 1 is 1.35 bits per heavy atom. The van der Waals surface area contributed by atoms with Crippen LogP contribution in [-0.4, -0.2) is 48.5 Å². The van der Waals surface area contributed by atoms with E-state index in [0.29, 0.717) is 18.1 Å². The lowest BCUT2D eigenvalue weighted by Gasteiger charge is -2.17. The Balaban J connectivity index is 2.30. The molecule has 1 amide bonds. The fourth-order valence-corrected chi connectivity index (χ4v) is 2.45. The van der Waals surface area contributed by atoms with Gasteiger partial charge < -0.3 is 15.4 Å². The Kier molecular flexibility index (Phi) is 7.11. The Bertz CT molecular complexity index is 439. The van der Waals surface area contributed by atoms with Crippen molar-refractivity contribution in [2.45, 2.75) is 12.6 Å². The number of nitrogens with zero attached hydrogens (tertiary/aromatic N) is 1. The van der Waals surface area contributed by atoms with E-state index < -0.39 is 12.0 Å². The molecule has 5 nitrogen and oxygen atoms in total. The second kappa shape index (κ2) is 8.60. The molecule has 1 aromatic carbocycles. The van der Waals surface area contributed by atoms with Crippen LogP contribution in [0.25, 0.3) is 0 Å². The summed E-state index contributed by atoms with van der Waals surface area (Å²) >= 11 is 1.34. The number of amides is 1. The van der Waals surface area contributed by atoms with E-state index in [9.17, 15) is 9.59 Å². The molecule has 0 aromatic heterocycles. The van der Waals surface area contributed by atoms with Crippen LogP contribution >= 0.6 is 11.8 Å². The Morgan fingerprint density at radius 2 is 2.00 bits per heavy atom. The van der Waals surface area contributed by atoms with Crippen molar-refractivity contribution in [1.29, 1.82) is 0 Å². The van der Waals surface area contributed by atoms with Gasteiger partial charge in [0.1, 0.15) is 6.04 Å². The minimum absolute atomic E-state index is 0.0101. The molecule has 0 radical (unpaired) electrons. The van der Waals surface area contributed by atoms with Crippen molar-refractivity contribution >= 4 is 23.6 Å². The molecule has 0 aliphatic carbocycles. The molecule has 0 aliphatic rings. The van der Waals surface area contributed by atoms with E-state index in [1.54, 1.807) is 11.9 Å². The average molecular weight is 296 g/mol. The van der Waals surface area contributed by atoms with Crippen LogP contribution in [0.5, 0.6) is 0 Å². The molecule has 110 valence electrons. The summed E-state index contributed by atoms with van der Waals surface area (Å²) in [6, 6.07) is 9.09. The molecule has 0 spiro atoms. The first-order valence-electron chi connectivity index (χ1n) is 6.23. The van der Waals surface area contributed by atoms with Crippen LogP contribution in [0.2, 0.25) is 0 Å². The largest absolute Gasteiger partial charge is 0.468 e. The van der Waals surface area contributed by atoms with Gasteiger partial charge >= 0.3 is 5.97 Å². The number of esters is 1. The van der Waals surface area contributed by atoms with E-state index in [2.05, 4.69) is 4.74 Å². The molecular weight excluding hydrogens is 276 g/mol. The first kappa shape index (κ1) is 16.5. The van der Waals surface area contributed by atoms with Crippen LogP contribution in [-0.2, 0) is 20.9 Å². The highest BCUT2D eigenvalue weighted by molar-refractivity contribution is 8.00. The lowest BCUT2D eigenvalue weighted by Crippen LogP contribution is -2.35. The maximum Gasteiger partial charge on any atom is 0.323 e. The number of benzene rings is 1. The molecule has 0 aliphatic heterocycles. The van der Waals surface area contributed by atoms with Crippen molar-refractivity contribution in [3.8, 4) is 0 Å². The Labute approximate surface area is 123 Å². The van der Waals surface area contributed by atoms with Gasteiger partial charge in [0, 0.05) is 19.3 Å². The summed E-state index contributed by atoms with van der Waals surface area (Å²) < 4.78 is 4.52. The van der Waals surface area contributed by atoms with Gasteiger partial charge in [0.25, 0.3) is 0 Å². The van der Waals surface area contributed by atoms with Gasteiger partial charge in [-0.05, 0) is 5.56 Å². The summed E-state index contributed by atoms with van der Waals surface area (Å²) in [5.74, 6) is 0.226. The van der Waals surface area contributed by atoms with Gasteiger partial charge in [-0.25, -0.2) is 0 Å². The average Bonchev–Trinajstić information content (AvgIpc) is 2.47. The highest BCUT2D eigenvalue weighted by Gasteiger charge is 2.15. The quantitative estimate of drug-likeness (QED) is 0.756. The molecule has 0 heterocycles. The van der Waals surface area contributed by atoms with Crippen LogP contribution < -0.4 is 5.73 Å². The molecule has 1 rings (SSSR count). The number of rotatable bonds is 7. The maximum absolute atomic E-state index is 11.9. The number of nitrogens with two attached hydrogens (primary N) is 1. The molecule has 0 saturated carbocycles. The molecule has 0 bridgehead atoms. The van der Waals surface area contributed by atoms with Crippen molar-refractivity contribution in [3.63, 3.8) is 0 Å². The second-order valence-corrected chi connectivity index (χ2v) is 5.41. The van der Waals surface area contributed by atoms with Crippen molar-refractivity contribution in [2.24, 2.45) is 5.73 Å². The van der Waals surface area contributed by atoms with Crippen molar-refractivity contribution in [1.82, 2.24) is 4.90 Å². The summed E-state index contributed by atoms with van der Waals surface area (Å²) in [4.78, 5) is 24.7. The summed E-state index contributed by atoms with van der Waals surface area (Å²) in [6.45, 7) is 0.573. The molecular formula is C14H20N2O3S. The van der Waals surface area contributed by atoms with Gasteiger partial charge in [-0.2, -0.15) is 0 Å². The zero-order chi connectivity index (χ0) is 15.0. The van der Waals surface area contributed by atoms with E-state index in [1.807, 2.05) is 30.3 Å². The van der Waals surface area contributed by atoms with Gasteiger partial charge in [-0.15, -0.1) is 11.8 Å². The minimum Gasteiger partial charge on any atom is -0.468 e. The third kappa shape index (κ3) is 5.63. The van der Waals surface area contributed by atoms with Crippen LogP contribution in [0.1, 0.15) is 5.56 Å². The van der Waals surface area contributed by atoms with Crippen molar-refractivity contribution in [2.75, 3.05) is 25.7 Å². The number of hydrogen-bond donors (Lipinski definition) is 1. The summed E-state index contributed by atoms with van der Waals surface area (Å²) in [5, 5.41) is 0. The molecule has 0 saturated heterocycles. The third-order valence-electron chi connectivity index (χ3n) is 2.72. The van der Waals surface area contributed by atoms with E-state index in [0.717, 1.165) is 5.56 Å². The van der Waals surface area contributed by atoms with Gasteiger partial charge in [-0.1, -0.05) is 30.3 Å².